The Bertz CT molecular complexity index is 280. The van der Waals surface area contributed by atoms with Crippen LogP contribution in [0.25, 0.3) is 0 Å². The van der Waals surface area contributed by atoms with Crippen LogP contribution in [0, 0.1) is 11.8 Å². The first-order valence-electron chi connectivity index (χ1n) is 5.54. The highest BCUT2D eigenvalue weighted by molar-refractivity contribution is 5.81. The zero-order valence-corrected chi connectivity index (χ0v) is 10.3. The molecule has 1 saturated heterocycles. The van der Waals surface area contributed by atoms with Crippen molar-refractivity contribution >= 4 is 11.9 Å². The molecular formula is C11H20N2O3. The molecule has 0 aromatic heterocycles. The maximum Gasteiger partial charge on any atom is 0.310 e. The van der Waals surface area contributed by atoms with Crippen molar-refractivity contribution in [3.63, 3.8) is 0 Å². The molecule has 1 aliphatic heterocycles. The number of amides is 1. The number of carbonyl (C=O) groups is 2. The van der Waals surface area contributed by atoms with Crippen molar-refractivity contribution in [1.82, 2.24) is 10.2 Å². The number of rotatable bonds is 3. The van der Waals surface area contributed by atoms with Crippen molar-refractivity contribution in [2.45, 2.75) is 19.9 Å². The van der Waals surface area contributed by atoms with E-state index in [-0.39, 0.29) is 29.8 Å². The van der Waals surface area contributed by atoms with Crippen LogP contribution >= 0.6 is 0 Å². The number of hydrogen-bond acceptors (Lipinski definition) is 4. The first kappa shape index (κ1) is 13.0. The standard InChI is InChI=1S/C11H20N2O3/c1-7-5-13(8(2)10(14)12-3)6-9(7)11(15)16-4/h7-9H,5-6H2,1-4H3,(H,12,14). The molecule has 0 bridgehead atoms. The summed E-state index contributed by atoms with van der Waals surface area (Å²) >= 11 is 0. The minimum Gasteiger partial charge on any atom is -0.469 e. The maximum absolute atomic E-state index is 11.5. The number of likely N-dealkylation sites (N-methyl/N-ethyl adjacent to an activating group) is 1. The van der Waals surface area contributed by atoms with Gasteiger partial charge < -0.3 is 10.1 Å². The molecule has 5 heteroatoms. The highest BCUT2D eigenvalue weighted by Crippen LogP contribution is 2.25. The monoisotopic (exact) mass is 228 g/mol. The summed E-state index contributed by atoms with van der Waals surface area (Å²) in [6, 6.07) is -0.192. The van der Waals surface area contributed by atoms with E-state index in [4.69, 9.17) is 4.74 Å². The van der Waals surface area contributed by atoms with Crippen LogP contribution in [-0.2, 0) is 14.3 Å². The molecule has 3 unspecified atom stereocenters. The lowest BCUT2D eigenvalue weighted by Crippen LogP contribution is -2.43. The van der Waals surface area contributed by atoms with Gasteiger partial charge in [0.1, 0.15) is 0 Å². The first-order chi connectivity index (χ1) is 7.51. The molecule has 0 aliphatic carbocycles. The van der Waals surface area contributed by atoms with Gasteiger partial charge in [0.15, 0.2) is 0 Å². The van der Waals surface area contributed by atoms with Gasteiger partial charge in [0, 0.05) is 20.1 Å². The molecule has 16 heavy (non-hydrogen) atoms. The van der Waals surface area contributed by atoms with E-state index in [0.29, 0.717) is 6.54 Å². The number of hydrogen-bond donors (Lipinski definition) is 1. The van der Waals surface area contributed by atoms with E-state index >= 15 is 0 Å². The molecule has 1 amide bonds. The lowest BCUT2D eigenvalue weighted by atomic mass is 9.99. The quantitative estimate of drug-likeness (QED) is 0.683. The maximum atomic E-state index is 11.5. The second kappa shape index (κ2) is 5.30. The third kappa shape index (κ3) is 2.52. The zero-order chi connectivity index (χ0) is 12.3. The minimum atomic E-state index is -0.192. The molecule has 1 aliphatic rings. The molecule has 3 atom stereocenters. The molecule has 1 heterocycles. The first-order valence-corrected chi connectivity index (χ1v) is 5.54. The fourth-order valence-electron chi connectivity index (χ4n) is 2.15. The molecule has 0 aromatic carbocycles. The molecule has 0 aromatic rings. The Hall–Kier alpha value is -1.10. The number of ether oxygens (including phenoxy) is 1. The molecule has 0 spiro atoms. The second-order valence-corrected chi connectivity index (χ2v) is 4.35. The summed E-state index contributed by atoms with van der Waals surface area (Å²) in [5, 5.41) is 2.62. The van der Waals surface area contributed by atoms with Crippen LogP contribution in [0.2, 0.25) is 0 Å². The second-order valence-electron chi connectivity index (χ2n) is 4.35. The number of carbonyl (C=O) groups excluding carboxylic acids is 2. The summed E-state index contributed by atoms with van der Waals surface area (Å²) in [7, 11) is 3.02. The van der Waals surface area contributed by atoms with E-state index < -0.39 is 0 Å². The third-order valence-corrected chi connectivity index (χ3v) is 3.32. The van der Waals surface area contributed by atoms with Crippen molar-refractivity contribution in [1.29, 1.82) is 0 Å². The molecule has 0 saturated carbocycles. The summed E-state index contributed by atoms with van der Waals surface area (Å²) in [5.41, 5.74) is 0. The molecule has 92 valence electrons. The van der Waals surface area contributed by atoms with Crippen molar-refractivity contribution in [3.8, 4) is 0 Å². The molecule has 5 nitrogen and oxygen atoms in total. The van der Waals surface area contributed by atoms with Gasteiger partial charge in [-0.1, -0.05) is 6.92 Å². The highest BCUT2D eigenvalue weighted by Gasteiger charge is 2.38. The zero-order valence-electron chi connectivity index (χ0n) is 10.3. The van der Waals surface area contributed by atoms with Crippen LogP contribution in [0.3, 0.4) is 0 Å². The normalized spacial score (nSPS) is 27.5. The van der Waals surface area contributed by atoms with Gasteiger partial charge in [-0.2, -0.15) is 0 Å². The smallest absolute Gasteiger partial charge is 0.310 e. The Morgan fingerprint density at radius 1 is 1.44 bits per heavy atom. The van der Waals surface area contributed by atoms with Crippen LogP contribution < -0.4 is 5.32 Å². The Morgan fingerprint density at radius 3 is 2.56 bits per heavy atom. The van der Waals surface area contributed by atoms with Crippen LogP contribution in [-0.4, -0.2) is 50.1 Å². The molecule has 1 N–H and O–H groups in total. The van der Waals surface area contributed by atoms with Crippen LogP contribution in [0.15, 0.2) is 0 Å². The minimum absolute atomic E-state index is 0.0160. The van der Waals surface area contributed by atoms with Crippen molar-refractivity contribution in [2.75, 3.05) is 27.2 Å². The summed E-state index contributed by atoms with van der Waals surface area (Å²) < 4.78 is 4.75. The number of nitrogens with one attached hydrogen (secondary N) is 1. The predicted molar refractivity (Wildman–Crippen MR) is 59.8 cm³/mol. The summed E-state index contributed by atoms with van der Waals surface area (Å²) in [5.74, 6) is -0.0755. The van der Waals surface area contributed by atoms with E-state index in [1.54, 1.807) is 7.05 Å². The lowest BCUT2D eigenvalue weighted by molar-refractivity contribution is -0.146. The Labute approximate surface area is 96.1 Å². The van der Waals surface area contributed by atoms with E-state index in [1.165, 1.54) is 7.11 Å². The number of likely N-dealkylation sites (tertiary alicyclic amines) is 1. The van der Waals surface area contributed by atoms with E-state index in [2.05, 4.69) is 5.32 Å². The third-order valence-electron chi connectivity index (χ3n) is 3.32. The SMILES string of the molecule is CNC(=O)C(C)N1CC(C)C(C(=O)OC)C1. The molecule has 1 fully saturated rings. The van der Waals surface area contributed by atoms with Gasteiger partial charge in [0.2, 0.25) is 5.91 Å². The average Bonchev–Trinajstić information content (AvgIpc) is 2.68. The van der Waals surface area contributed by atoms with Crippen molar-refractivity contribution < 1.29 is 14.3 Å². The topological polar surface area (TPSA) is 58.6 Å². The average molecular weight is 228 g/mol. The van der Waals surface area contributed by atoms with Crippen molar-refractivity contribution in [2.24, 2.45) is 11.8 Å². The van der Waals surface area contributed by atoms with Gasteiger partial charge in [-0.05, 0) is 12.8 Å². The van der Waals surface area contributed by atoms with E-state index in [9.17, 15) is 9.59 Å². The Balaban J connectivity index is 2.62. The van der Waals surface area contributed by atoms with Gasteiger partial charge in [-0.15, -0.1) is 0 Å². The molecular weight excluding hydrogens is 208 g/mol. The largest absolute Gasteiger partial charge is 0.469 e. The molecule has 0 radical (unpaired) electrons. The van der Waals surface area contributed by atoms with Crippen molar-refractivity contribution in [3.05, 3.63) is 0 Å². The van der Waals surface area contributed by atoms with Crippen LogP contribution in [0.1, 0.15) is 13.8 Å². The van der Waals surface area contributed by atoms with E-state index in [0.717, 1.165) is 6.54 Å². The number of esters is 1. The van der Waals surface area contributed by atoms with Crippen LogP contribution in [0.5, 0.6) is 0 Å². The number of nitrogens with zero attached hydrogens (tertiary/aromatic N) is 1. The van der Waals surface area contributed by atoms with Gasteiger partial charge in [-0.25, -0.2) is 0 Å². The lowest BCUT2D eigenvalue weighted by Gasteiger charge is -2.22. The van der Waals surface area contributed by atoms with Gasteiger partial charge >= 0.3 is 5.97 Å². The molecule has 1 rings (SSSR count). The Morgan fingerprint density at radius 2 is 2.06 bits per heavy atom. The van der Waals surface area contributed by atoms with Crippen LogP contribution in [0.4, 0.5) is 0 Å². The summed E-state index contributed by atoms with van der Waals surface area (Å²) in [6.45, 7) is 5.22. The van der Waals surface area contributed by atoms with Gasteiger partial charge in [0.05, 0.1) is 19.1 Å². The summed E-state index contributed by atoms with van der Waals surface area (Å²) in [4.78, 5) is 25.0. The van der Waals surface area contributed by atoms with Gasteiger partial charge in [-0.3, -0.25) is 14.5 Å². The Kier molecular flexibility index (Phi) is 4.29. The predicted octanol–water partition coefficient (Wildman–Crippen LogP) is -0.138. The fourth-order valence-corrected chi connectivity index (χ4v) is 2.15. The summed E-state index contributed by atoms with van der Waals surface area (Å²) in [6.07, 6.45) is 0. The fraction of sp³-hybridized carbons (Fsp3) is 0.818. The highest BCUT2D eigenvalue weighted by atomic mass is 16.5. The van der Waals surface area contributed by atoms with Gasteiger partial charge in [0.25, 0.3) is 0 Å². The number of methoxy groups -OCH3 is 1. The van der Waals surface area contributed by atoms with E-state index in [1.807, 2.05) is 18.7 Å².